The van der Waals surface area contributed by atoms with Crippen LogP contribution in [-0.2, 0) is 11.1 Å². The zero-order valence-corrected chi connectivity index (χ0v) is 31.7. The van der Waals surface area contributed by atoms with Crippen molar-refractivity contribution >= 4 is 50.2 Å². The summed E-state index contributed by atoms with van der Waals surface area (Å²) in [6.45, 7) is 0. The fourth-order valence-corrected chi connectivity index (χ4v) is 17.7. The minimum absolute atomic E-state index is 0.159. The van der Waals surface area contributed by atoms with Crippen molar-refractivity contribution in [1.29, 1.82) is 0 Å². The lowest BCUT2D eigenvalue weighted by Crippen LogP contribution is -2.79. The van der Waals surface area contributed by atoms with Gasteiger partial charge in [-0.1, -0.05) is 25.3 Å². The maximum absolute atomic E-state index is 5.49. The Morgan fingerprint density at radius 3 is 1.22 bits per heavy atom. The number of rotatable bonds is 6. The van der Waals surface area contributed by atoms with Crippen LogP contribution in [0.4, 0.5) is 0 Å². The maximum Gasteiger partial charge on any atom is 0.679 e. The first kappa shape index (κ1) is 30.4. The van der Waals surface area contributed by atoms with Gasteiger partial charge in [0.15, 0.2) is 11.7 Å². The van der Waals surface area contributed by atoms with Gasteiger partial charge in [-0.3, -0.25) is 0 Å². The minimum Gasteiger partial charge on any atom is -0.336 e. The Bertz CT molecular complexity index is 1610. The Kier molecular flexibility index (Phi) is 6.39. The van der Waals surface area contributed by atoms with Crippen LogP contribution in [0.2, 0.25) is 0 Å². The fourth-order valence-electron chi connectivity index (χ4n) is 16.3. The number of imidazole rings is 2. The van der Waals surface area contributed by atoms with Gasteiger partial charge in [0, 0.05) is 19.3 Å². The van der Waals surface area contributed by atoms with E-state index < -0.39 is 0 Å². The van der Waals surface area contributed by atoms with E-state index in [1.165, 1.54) is 116 Å². The molecule has 0 atom stereocenters. The van der Waals surface area contributed by atoms with Crippen LogP contribution < -0.4 is 13.8 Å². The number of hydrogen-bond acceptors (Lipinski definition) is 3. The normalized spacial score (nSPS) is 47.2. The Hall–Kier alpha value is -1.10. The second-order valence-electron chi connectivity index (χ2n) is 19.9. The first-order valence-electron chi connectivity index (χ1n) is 20.2. The predicted octanol–water partition coefficient (Wildman–Crippen LogP) is 6.57. The highest BCUT2D eigenvalue weighted by molar-refractivity contribution is 7.96. The molecule has 2 radical (unpaired) electrons. The Morgan fingerprint density at radius 1 is 0.510 bits per heavy atom. The van der Waals surface area contributed by atoms with Gasteiger partial charge in [-0.15, -0.1) is 4.58 Å². The van der Waals surface area contributed by atoms with Gasteiger partial charge in [0.2, 0.25) is 6.20 Å². The highest BCUT2D eigenvalue weighted by Gasteiger charge is 2.62. The van der Waals surface area contributed by atoms with Crippen molar-refractivity contribution in [1.82, 2.24) is 13.9 Å². The fraction of sp³-hybridized carbons (Fsp3) is 0.769. The van der Waals surface area contributed by atoms with Gasteiger partial charge < -0.3 is 8.96 Å². The quantitative estimate of drug-likeness (QED) is 0.172. The van der Waals surface area contributed by atoms with Crippen LogP contribution in [0.1, 0.15) is 116 Å². The molecule has 0 amide bonds. The predicted molar refractivity (Wildman–Crippen MR) is 199 cm³/mol. The molecule has 0 N–H and O–H groups in total. The first-order valence-corrected chi connectivity index (χ1v) is 21.6. The summed E-state index contributed by atoms with van der Waals surface area (Å²) < 4.78 is 12.8. The monoisotopic (exact) mass is 713 g/mol. The second-order valence-corrected chi connectivity index (χ2v) is 21.1. The lowest BCUT2D eigenvalue weighted by molar-refractivity contribution is -0.718. The molecule has 0 saturated heterocycles. The maximum atomic E-state index is 5.49. The summed E-state index contributed by atoms with van der Waals surface area (Å²) in [6.07, 6.45) is 39.3. The molecule has 10 heteroatoms. The van der Waals surface area contributed by atoms with E-state index in [2.05, 4.69) is 64.7 Å². The molecular formula is C39H54BN6S3+3. The van der Waals surface area contributed by atoms with Gasteiger partial charge in [0.25, 0.3) is 10.3 Å². The molecule has 2 aromatic heterocycles. The molecule has 0 aromatic carbocycles. The van der Waals surface area contributed by atoms with Crippen molar-refractivity contribution in [2.75, 3.05) is 0 Å². The third-order valence-electron chi connectivity index (χ3n) is 16.8. The molecule has 2 aromatic rings. The van der Waals surface area contributed by atoms with Crippen LogP contribution in [0.15, 0.2) is 47.5 Å². The molecule has 1 aliphatic heterocycles. The van der Waals surface area contributed by atoms with E-state index in [4.69, 9.17) is 37.9 Å². The van der Waals surface area contributed by atoms with Crippen molar-refractivity contribution < 1.29 is 13.5 Å². The zero-order valence-electron chi connectivity index (χ0n) is 29.0. The molecule has 12 fully saturated rings. The van der Waals surface area contributed by atoms with Crippen molar-refractivity contribution in [2.45, 2.75) is 143 Å². The summed E-state index contributed by atoms with van der Waals surface area (Å²) in [5.41, 5.74) is 0.669. The Labute approximate surface area is 309 Å². The number of hydrogen-bond donors (Lipinski definition) is 3. The summed E-state index contributed by atoms with van der Waals surface area (Å²) in [5.74, 6) is 8.05. The molecule has 258 valence electrons. The highest BCUT2D eigenvalue weighted by atomic mass is 32.1. The van der Waals surface area contributed by atoms with E-state index in [0.29, 0.717) is 0 Å². The standard InChI is InChI=1S/C39H51BN6S3/c47-34-41(37-16-25-7-26(17-37)9-27(8-25)18-37)1-4-44(34)40(45-5-2-42(35(45)48)38-19-28-10-29(20-38)12-30(11-28)21-38)46-6-3-43(36(46)49)39-22-31-13-32(23-39)15-33(14-31)24-39/h1-6,25-33H,7-24H2/p+3. The van der Waals surface area contributed by atoms with Crippen molar-refractivity contribution in [3.63, 3.8) is 0 Å². The van der Waals surface area contributed by atoms with Crippen LogP contribution in [0, 0.1) is 53.3 Å². The first-order chi connectivity index (χ1) is 23.8. The SMILES string of the molecule is SC1=[N+](C23CC4CC(CC(C4)C2)C3)C=C[N+]1[B-]([n+]1ccn(C23CC4CC(CC(C4)C2)C3)c1S)[n+]1ccn(C23CC4CC(CC(C4)C2)C3)c1S. The van der Waals surface area contributed by atoms with Crippen molar-refractivity contribution in [3.8, 4) is 0 Å². The van der Waals surface area contributed by atoms with E-state index >= 15 is 0 Å². The second kappa shape index (κ2) is 10.3. The third kappa shape index (κ3) is 4.27. The molecule has 12 aliphatic carbocycles. The number of aromatic nitrogens is 4. The van der Waals surface area contributed by atoms with Crippen molar-refractivity contribution in [3.05, 3.63) is 37.2 Å². The molecule has 0 spiro atoms. The number of nitrogens with zero attached hydrogens (tertiary/aromatic N) is 6. The zero-order chi connectivity index (χ0) is 32.4. The molecule has 12 bridgehead atoms. The lowest BCUT2D eigenvalue weighted by atomic mass is 9.53. The van der Waals surface area contributed by atoms with E-state index in [0.717, 1.165) is 68.7 Å². The van der Waals surface area contributed by atoms with Crippen LogP contribution in [0.5, 0.6) is 0 Å². The minimum atomic E-state index is -0.159. The average molecular weight is 714 g/mol. The summed E-state index contributed by atoms with van der Waals surface area (Å²) >= 11 is 16.5. The van der Waals surface area contributed by atoms with E-state index in [1.54, 1.807) is 0 Å². The molecular weight excluding hydrogens is 659 g/mol. The summed E-state index contributed by atoms with van der Waals surface area (Å²) in [5, 5.41) is 3.24. The van der Waals surface area contributed by atoms with E-state index in [9.17, 15) is 0 Å². The molecule has 15 rings (SSSR count). The highest BCUT2D eigenvalue weighted by Crippen LogP contribution is 2.61. The van der Waals surface area contributed by atoms with Crippen LogP contribution in [0.3, 0.4) is 0 Å². The Morgan fingerprint density at radius 2 is 0.857 bits per heavy atom. The Balaban J connectivity index is 0.974. The summed E-state index contributed by atoms with van der Waals surface area (Å²) in [4.78, 5) is 2.45. The third-order valence-corrected chi connectivity index (χ3v) is 18.1. The van der Waals surface area contributed by atoms with Gasteiger partial charge in [-0.25, -0.2) is 9.13 Å². The average Bonchev–Trinajstić information content (AvgIpc) is 3.73. The summed E-state index contributed by atoms with van der Waals surface area (Å²) in [7, 11) is -0.159. The van der Waals surface area contributed by atoms with Crippen LogP contribution in [0.25, 0.3) is 0 Å². The molecule has 6 nitrogen and oxygen atoms in total. The largest absolute Gasteiger partial charge is 0.679 e. The molecule has 12 saturated carbocycles. The smallest absolute Gasteiger partial charge is 0.336 e. The number of amidine groups is 1. The van der Waals surface area contributed by atoms with E-state index in [1.807, 2.05) is 0 Å². The topological polar surface area (TPSA) is 26.5 Å². The molecule has 0 unspecified atom stereocenters. The van der Waals surface area contributed by atoms with Gasteiger partial charge in [0.05, 0.1) is 12.4 Å². The molecule has 3 heterocycles. The van der Waals surface area contributed by atoms with Gasteiger partial charge >= 0.3 is 12.3 Å². The lowest BCUT2D eigenvalue weighted by Gasteiger charge is -2.54. The molecule has 49 heavy (non-hydrogen) atoms. The van der Waals surface area contributed by atoms with E-state index in [-0.39, 0.29) is 23.7 Å². The van der Waals surface area contributed by atoms with Crippen molar-refractivity contribution in [2.24, 2.45) is 53.3 Å². The van der Waals surface area contributed by atoms with Crippen LogP contribution >= 0.6 is 37.9 Å². The number of thiol groups is 3. The van der Waals surface area contributed by atoms with Crippen LogP contribution in [-0.4, -0.2) is 31.5 Å². The summed E-state index contributed by atoms with van der Waals surface area (Å²) in [6, 6.07) is 0. The van der Waals surface area contributed by atoms with Gasteiger partial charge in [-0.2, -0.15) is 4.81 Å². The van der Waals surface area contributed by atoms with Gasteiger partial charge in [-0.05, 0) is 162 Å². The van der Waals surface area contributed by atoms with Gasteiger partial charge in [0.1, 0.15) is 23.5 Å². The molecule has 13 aliphatic rings.